The molecule has 1 fully saturated rings. The molecule has 2 aromatic carbocycles. The zero-order valence-electron chi connectivity index (χ0n) is 13.7. The number of aromatic hydroxyl groups is 2. The van der Waals surface area contributed by atoms with Crippen molar-refractivity contribution in [3.05, 3.63) is 65.4 Å². The summed E-state index contributed by atoms with van der Waals surface area (Å²) >= 11 is 2.95. The van der Waals surface area contributed by atoms with Gasteiger partial charge in [-0.25, -0.2) is 0 Å². The molecule has 1 amide bonds. The van der Waals surface area contributed by atoms with Gasteiger partial charge in [0.2, 0.25) is 0 Å². The zero-order chi connectivity index (χ0) is 18.0. The summed E-state index contributed by atoms with van der Waals surface area (Å²) in [6, 6.07) is 14.3. The van der Waals surface area contributed by atoms with Gasteiger partial charge in [-0.2, -0.15) is 0 Å². The van der Waals surface area contributed by atoms with Crippen LogP contribution in [-0.4, -0.2) is 59.8 Å². The van der Waals surface area contributed by atoms with Crippen LogP contribution in [0.15, 0.2) is 54.2 Å². The summed E-state index contributed by atoms with van der Waals surface area (Å²) < 4.78 is 0.733. The van der Waals surface area contributed by atoms with E-state index in [1.807, 2.05) is 30.3 Å². The Morgan fingerprint density at radius 2 is 1.72 bits per heavy atom. The SMILES string of the molecule is CN1C(=[Se])N(CCc2ccccc2)C(=O)C1=Cc1cc(O)cc(O)c1. The van der Waals surface area contributed by atoms with E-state index >= 15 is 0 Å². The summed E-state index contributed by atoms with van der Waals surface area (Å²) in [6.45, 7) is 0.568. The molecule has 0 spiro atoms. The van der Waals surface area contributed by atoms with Crippen molar-refractivity contribution in [2.75, 3.05) is 13.6 Å². The minimum absolute atomic E-state index is 0.0480. The molecular weight excluding hydrogens is 383 g/mol. The fourth-order valence-electron chi connectivity index (χ4n) is 2.75. The molecule has 6 heteroatoms. The molecule has 0 aliphatic carbocycles. The first-order valence-electron chi connectivity index (χ1n) is 7.84. The molecule has 128 valence electrons. The first-order valence-corrected chi connectivity index (χ1v) is 8.69. The first-order chi connectivity index (χ1) is 12.0. The number of likely N-dealkylation sites (N-methyl/N-ethyl adjacent to an activating group) is 1. The molecular formula is C19H18N2O3Se. The van der Waals surface area contributed by atoms with Crippen LogP contribution in [0.25, 0.3) is 6.08 Å². The Kier molecular flexibility index (Phi) is 4.93. The van der Waals surface area contributed by atoms with Gasteiger partial charge in [-0.05, 0) is 0 Å². The van der Waals surface area contributed by atoms with Gasteiger partial charge in [-0.1, -0.05) is 0 Å². The van der Waals surface area contributed by atoms with E-state index in [4.69, 9.17) is 0 Å². The fraction of sp³-hybridized carbons (Fsp3) is 0.158. The summed E-state index contributed by atoms with van der Waals surface area (Å²) in [6.07, 6.45) is 2.41. The van der Waals surface area contributed by atoms with Crippen LogP contribution in [0.3, 0.4) is 0 Å². The van der Waals surface area contributed by atoms with Gasteiger partial charge in [0.05, 0.1) is 0 Å². The van der Waals surface area contributed by atoms with Crippen molar-refractivity contribution in [2.24, 2.45) is 0 Å². The van der Waals surface area contributed by atoms with Crippen LogP contribution >= 0.6 is 0 Å². The number of hydrogen-bond acceptors (Lipinski definition) is 4. The quantitative estimate of drug-likeness (QED) is 0.605. The van der Waals surface area contributed by atoms with E-state index < -0.39 is 0 Å². The van der Waals surface area contributed by atoms with Gasteiger partial charge in [0.25, 0.3) is 0 Å². The predicted molar refractivity (Wildman–Crippen MR) is 98.1 cm³/mol. The third kappa shape index (κ3) is 3.76. The number of amides is 1. The number of hydrogen-bond donors (Lipinski definition) is 2. The number of benzene rings is 2. The van der Waals surface area contributed by atoms with E-state index in [9.17, 15) is 15.0 Å². The van der Waals surface area contributed by atoms with E-state index in [0.717, 1.165) is 11.1 Å². The average Bonchev–Trinajstić information content (AvgIpc) is 2.77. The predicted octanol–water partition coefficient (Wildman–Crippen LogP) is 1.71. The molecule has 5 nitrogen and oxygen atoms in total. The molecule has 1 aliphatic rings. The molecule has 0 unspecified atom stereocenters. The van der Waals surface area contributed by atoms with Crippen LogP contribution < -0.4 is 0 Å². The molecule has 0 radical (unpaired) electrons. The Morgan fingerprint density at radius 3 is 2.36 bits per heavy atom. The van der Waals surface area contributed by atoms with Crippen molar-refractivity contribution in [3.8, 4) is 11.5 Å². The molecule has 25 heavy (non-hydrogen) atoms. The summed E-state index contributed by atoms with van der Waals surface area (Å²) in [5.41, 5.74) is 2.21. The molecule has 0 bridgehead atoms. The number of rotatable bonds is 4. The molecule has 2 aromatic rings. The Morgan fingerprint density at radius 1 is 1.08 bits per heavy atom. The Bertz CT molecular complexity index is 829. The fourth-order valence-corrected chi connectivity index (χ4v) is 3.33. The monoisotopic (exact) mass is 402 g/mol. The number of carbonyl (C=O) groups excluding carboxylic acids is 1. The van der Waals surface area contributed by atoms with Gasteiger partial charge in [0.1, 0.15) is 0 Å². The average molecular weight is 401 g/mol. The maximum absolute atomic E-state index is 12.8. The van der Waals surface area contributed by atoms with Gasteiger partial charge in [0, 0.05) is 0 Å². The zero-order valence-corrected chi connectivity index (χ0v) is 15.4. The second kappa shape index (κ2) is 7.13. The van der Waals surface area contributed by atoms with Crippen molar-refractivity contribution in [3.63, 3.8) is 0 Å². The molecule has 3 rings (SSSR count). The van der Waals surface area contributed by atoms with Crippen molar-refractivity contribution < 1.29 is 15.0 Å². The molecule has 1 saturated heterocycles. The summed E-state index contributed by atoms with van der Waals surface area (Å²) in [5, 5.41) is 19.2. The molecule has 0 aromatic heterocycles. The van der Waals surface area contributed by atoms with E-state index in [2.05, 4.69) is 15.6 Å². The third-order valence-corrected chi connectivity index (χ3v) is 5.08. The normalized spacial score (nSPS) is 16.1. The number of carbonyl (C=O) groups is 1. The van der Waals surface area contributed by atoms with Gasteiger partial charge in [-0.15, -0.1) is 0 Å². The topological polar surface area (TPSA) is 64.0 Å². The van der Waals surface area contributed by atoms with Crippen molar-refractivity contribution in [1.82, 2.24) is 9.80 Å². The second-order valence-electron chi connectivity index (χ2n) is 5.85. The van der Waals surface area contributed by atoms with Gasteiger partial charge < -0.3 is 0 Å². The molecule has 2 N–H and O–H groups in total. The van der Waals surface area contributed by atoms with E-state index in [0.29, 0.717) is 17.8 Å². The summed E-state index contributed by atoms with van der Waals surface area (Å²) in [5.74, 6) is -0.212. The van der Waals surface area contributed by atoms with Crippen LogP contribution in [0.5, 0.6) is 11.5 Å². The van der Waals surface area contributed by atoms with E-state index in [1.165, 1.54) is 23.8 Å². The third-order valence-electron chi connectivity index (χ3n) is 4.04. The van der Waals surface area contributed by atoms with Crippen LogP contribution in [0.2, 0.25) is 0 Å². The van der Waals surface area contributed by atoms with Gasteiger partial charge in [-0.3, -0.25) is 0 Å². The maximum atomic E-state index is 12.8. The van der Waals surface area contributed by atoms with Crippen molar-refractivity contribution in [1.29, 1.82) is 0 Å². The second-order valence-corrected chi connectivity index (χ2v) is 6.61. The standard InChI is InChI=1S/C19H18N2O3Se/c1-20-17(11-14-9-15(22)12-16(23)10-14)18(24)21(19(20)25)8-7-13-5-3-2-4-6-13/h2-6,9-12,22-23H,7-8H2,1H3. The molecule has 0 atom stereocenters. The Hall–Kier alpha value is -2.56. The summed E-state index contributed by atoms with van der Waals surface area (Å²) in [7, 11) is 1.81. The van der Waals surface area contributed by atoms with Crippen LogP contribution in [0.4, 0.5) is 0 Å². The van der Waals surface area contributed by atoms with E-state index in [1.54, 1.807) is 22.9 Å². The first kappa shape index (κ1) is 17.3. The number of phenols is 2. The molecule has 1 heterocycles. The number of nitrogens with zero attached hydrogens (tertiary/aromatic N) is 2. The van der Waals surface area contributed by atoms with Gasteiger partial charge in [0.15, 0.2) is 0 Å². The Balaban J connectivity index is 1.81. The number of phenolic OH excluding ortho intramolecular Hbond substituents is 2. The molecule has 0 saturated carbocycles. The van der Waals surface area contributed by atoms with Crippen molar-refractivity contribution >= 4 is 32.2 Å². The Labute approximate surface area is 154 Å². The minimum atomic E-state index is -0.116. The van der Waals surface area contributed by atoms with Gasteiger partial charge >= 0.3 is 154 Å². The van der Waals surface area contributed by atoms with E-state index in [-0.39, 0.29) is 17.4 Å². The van der Waals surface area contributed by atoms with Crippen LogP contribution in [0, 0.1) is 0 Å². The van der Waals surface area contributed by atoms with Crippen LogP contribution in [-0.2, 0) is 11.2 Å². The molecule has 1 aliphatic heterocycles. The van der Waals surface area contributed by atoms with Crippen LogP contribution in [0.1, 0.15) is 11.1 Å². The summed E-state index contributed by atoms with van der Waals surface area (Å²) in [4.78, 5) is 16.2. The van der Waals surface area contributed by atoms with Crippen molar-refractivity contribution in [2.45, 2.75) is 6.42 Å².